The fraction of sp³-hybridized carbons (Fsp3) is 0.130. The van der Waals surface area contributed by atoms with Crippen molar-refractivity contribution < 1.29 is 14.3 Å². The molecule has 0 saturated carbocycles. The number of hydrogen-bond donors (Lipinski definition) is 3. The summed E-state index contributed by atoms with van der Waals surface area (Å²) in [6.45, 7) is 0.357. The second-order valence-electron chi connectivity index (χ2n) is 6.68. The van der Waals surface area contributed by atoms with Gasteiger partial charge in [-0.15, -0.1) is 0 Å². The Morgan fingerprint density at radius 1 is 0.967 bits per heavy atom. The van der Waals surface area contributed by atoms with Gasteiger partial charge in [-0.2, -0.15) is 0 Å². The Morgan fingerprint density at radius 3 is 2.60 bits per heavy atom. The lowest BCUT2D eigenvalue weighted by molar-refractivity contribution is 0.251. The van der Waals surface area contributed by atoms with Gasteiger partial charge in [-0.3, -0.25) is 0 Å². The number of rotatable bonds is 6. The Balaban J connectivity index is 1.42. The first kappa shape index (κ1) is 19.3. The molecule has 0 aliphatic heterocycles. The number of para-hydroxylation sites is 2. The third kappa shape index (κ3) is 4.20. The van der Waals surface area contributed by atoms with Gasteiger partial charge in [0.05, 0.1) is 25.3 Å². The maximum Gasteiger partial charge on any atom is 0.319 e. The van der Waals surface area contributed by atoms with E-state index >= 15 is 0 Å². The van der Waals surface area contributed by atoms with Crippen LogP contribution in [0.3, 0.4) is 0 Å². The minimum Gasteiger partial charge on any atom is -0.493 e. The zero-order chi connectivity index (χ0) is 20.9. The van der Waals surface area contributed by atoms with Gasteiger partial charge in [-0.25, -0.2) is 9.78 Å². The Kier molecular flexibility index (Phi) is 5.52. The van der Waals surface area contributed by atoms with Gasteiger partial charge in [0.25, 0.3) is 0 Å². The van der Waals surface area contributed by atoms with Gasteiger partial charge in [-0.1, -0.05) is 30.3 Å². The summed E-state index contributed by atoms with van der Waals surface area (Å²) in [4.78, 5) is 20.3. The van der Waals surface area contributed by atoms with E-state index in [2.05, 4.69) is 20.6 Å². The Hall–Kier alpha value is -4.00. The largest absolute Gasteiger partial charge is 0.493 e. The van der Waals surface area contributed by atoms with Crippen LogP contribution in [0.5, 0.6) is 11.5 Å². The maximum absolute atomic E-state index is 12.4. The number of urea groups is 1. The molecule has 0 spiro atoms. The molecule has 3 aromatic carbocycles. The van der Waals surface area contributed by atoms with Crippen LogP contribution in [0.25, 0.3) is 22.4 Å². The zero-order valence-corrected chi connectivity index (χ0v) is 16.7. The normalized spacial score (nSPS) is 10.6. The van der Waals surface area contributed by atoms with E-state index in [0.717, 1.165) is 28.0 Å². The summed E-state index contributed by atoms with van der Waals surface area (Å²) in [7, 11) is 3.17. The molecule has 1 aromatic heterocycles. The molecule has 4 aromatic rings. The molecule has 1 heterocycles. The number of carbonyl (C=O) groups excluding carboxylic acids is 1. The highest BCUT2D eigenvalue weighted by molar-refractivity contribution is 5.90. The second kappa shape index (κ2) is 8.57. The molecular formula is C23H22N4O3. The van der Waals surface area contributed by atoms with Crippen LogP contribution in [0.2, 0.25) is 0 Å². The number of hydrogen-bond acceptors (Lipinski definition) is 4. The van der Waals surface area contributed by atoms with Crippen LogP contribution >= 0.6 is 0 Å². The first-order chi connectivity index (χ1) is 14.7. The highest BCUT2D eigenvalue weighted by Crippen LogP contribution is 2.27. The van der Waals surface area contributed by atoms with Crippen LogP contribution in [0.15, 0.2) is 66.7 Å². The molecule has 7 heteroatoms. The van der Waals surface area contributed by atoms with Crippen molar-refractivity contribution in [2.24, 2.45) is 0 Å². The van der Waals surface area contributed by atoms with Crippen LogP contribution in [-0.4, -0.2) is 30.2 Å². The van der Waals surface area contributed by atoms with Crippen LogP contribution < -0.4 is 20.1 Å². The van der Waals surface area contributed by atoms with Crippen molar-refractivity contribution in [1.29, 1.82) is 0 Å². The van der Waals surface area contributed by atoms with Gasteiger partial charge in [0.2, 0.25) is 0 Å². The molecule has 152 valence electrons. The lowest BCUT2D eigenvalue weighted by Crippen LogP contribution is -2.28. The van der Waals surface area contributed by atoms with E-state index in [9.17, 15) is 4.79 Å². The third-order valence-corrected chi connectivity index (χ3v) is 4.68. The third-order valence-electron chi connectivity index (χ3n) is 4.68. The van der Waals surface area contributed by atoms with E-state index in [-0.39, 0.29) is 6.03 Å². The lowest BCUT2D eigenvalue weighted by atomic mass is 10.2. The lowest BCUT2D eigenvalue weighted by Gasteiger charge is -2.11. The number of ether oxygens (including phenoxy) is 2. The molecule has 30 heavy (non-hydrogen) atoms. The van der Waals surface area contributed by atoms with Crippen LogP contribution in [0.4, 0.5) is 10.5 Å². The number of fused-ring (bicyclic) bond motifs is 1. The van der Waals surface area contributed by atoms with E-state index in [1.165, 1.54) is 0 Å². The molecule has 0 bridgehead atoms. The highest BCUT2D eigenvalue weighted by Gasteiger charge is 2.09. The first-order valence-corrected chi connectivity index (χ1v) is 9.47. The van der Waals surface area contributed by atoms with Gasteiger partial charge in [-0.05, 0) is 42.0 Å². The predicted octanol–water partition coefficient (Wildman–Crippen LogP) is 4.57. The number of carbonyl (C=O) groups is 1. The Labute approximate surface area is 174 Å². The fourth-order valence-corrected chi connectivity index (χ4v) is 3.18. The first-order valence-electron chi connectivity index (χ1n) is 9.47. The summed E-state index contributed by atoms with van der Waals surface area (Å²) < 4.78 is 10.5. The van der Waals surface area contributed by atoms with E-state index in [0.29, 0.717) is 23.7 Å². The van der Waals surface area contributed by atoms with E-state index in [4.69, 9.17) is 9.47 Å². The van der Waals surface area contributed by atoms with E-state index in [1.54, 1.807) is 14.2 Å². The van der Waals surface area contributed by atoms with Crippen molar-refractivity contribution in [3.05, 3.63) is 72.3 Å². The zero-order valence-electron chi connectivity index (χ0n) is 16.7. The number of methoxy groups -OCH3 is 2. The monoisotopic (exact) mass is 402 g/mol. The molecule has 0 radical (unpaired) electrons. The second-order valence-corrected chi connectivity index (χ2v) is 6.68. The Bertz CT molecular complexity index is 1150. The van der Waals surface area contributed by atoms with Crippen molar-refractivity contribution in [1.82, 2.24) is 15.3 Å². The summed E-state index contributed by atoms with van der Waals surface area (Å²) >= 11 is 0. The van der Waals surface area contributed by atoms with Crippen molar-refractivity contribution in [2.45, 2.75) is 6.54 Å². The molecule has 4 rings (SSSR count). The average molecular weight is 402 g/mol. The number of H-pyrrole nitrogens is 1. The summed E-state index contributed by atoms with van der Waals surface area (Å²) in [5.74, 6) is 2.02. The molecule has 0 aliphatic rings. The Morgan fingerprint density at radius 2 is 1.80 bits per heavy atom. The van der Waals surface area contributed by atoms with Crippen molar-refractivity contribution >= 4 is 22.8 Å². The molecular weight excluding hydrogens is 380 g/mol. The average Bonchev–Trinajstić information content (AvgIpc) is 3.22. The SMILES string of the molecule is COc1ccc(CNC(=O)Nc2cccc(-c3nc4ccccc4[nH]3)c2)cc1OC. The van der Waals surface area contributed by atoms with E-state index < -0.39 is 0 Å². The minimum absolute atomic E-state index is 0.299. The maximum atomic E-state index is 12.4. The molecule has 3 N–H and O–H groups in total. The van der Waals surface area contributed by atoms with Crippen molar-refractivity contribution in [3.8, 4) is 22.9 Å². The van der Waals surface area contributed by atoms with Gasteiger partial charge in [0, 0.05) is 17.8 Å². The molecule has 0 fully saturated rings. The number of nitrogens with zero attached hydrogens (tertiary/aromatic N) is 1. The van der Waals surface area contributed by atoms with Crippen molar-refractivity contribution in [3.63, 3.8) is 0 Å². The summed E-state index contributed by atoms with van der Waals surface area (Å²) in [6.07, 6.45) is 0. The van der Waals surface area contributed by atoms with E-state index in [1.807, 2.05) is 66.7 Å². The minimum atomic E-state index is -0.299. The molecule has 0 aliphatic carbocycles. The van der Waals surface area contributed by atoms with Gasteiger partial charge in [0.15, 0.2) is 11.5 Å². The summed E-state index contributed by atoms with van der Waals surface area (Å²) in [6, 6.07) is 20.6. The summed E-state index contributed by atoms with van der Waals surface area (Å²) in [5, 5.41) is 5.71. The molecule has 0 saturated heterocycles. The standard InChI is InChI=1S/C23H22N4O3/c1-29-20-11-10-15(12-21(20)30-2)14-24-23(28)25-17-7-5-6-16(13-17)22-26-18-8-3-4-9-19(18)27-22/h3-13H,14H2,1-2H3,(H,26,27)(H2,24,25,28). The predicted molar refractivity (Wildman–Crippen MR) is 117 cm³/mol. The number of benzene rings is 3. The number of aromatic nitrogens is 2. The number of nitrogens with one attached hydrogen (secondary N) is 3. The van der Waals surface area contributed by atoms with Crippen LogP contribution in [-0.2, 0) is 6.54 Å². The molecule has 0 unspecified atom stereocenters. The van der Waals surface area contributed by atoms with Gasteiger partial charge in [0.1, 0.15) is 5.82 Å². The topological polar surface area (TPSA) is 88.3 Å². The number of anilines is 1. The summed E-state index contributed by atoms with van der Waals surface area (Å²) in [5.41, 5.74) is 4.34. The van der Waals surface area contributed by atoms with Gasteiger partial charge < -0.3 is 25.1 Å². The van der Waals surface area contributed by atoms with Gasteiger partial charge >= 0.3 is 6.03 Å². The molecule has 7 nitrogen and oxygen atoms in total. The fourth-order valence-electron chi connectivity index (χ4n) is 3.18. The van der Waals surface area contributed by atoms with Crippen molar-refractivity contribution in [2.75, 3.05) is 19.5 Å². The smallest absolute Gasteiger partial charge is 0.319 e. The number of aromatic amines is 1. The van der Waals surface area contributed by atoms with Crippen LogP contribution in [0.1, 0.15) is 5.56 Å². The number of amides is 2. The number of imidazole rings is 1. The highest BCUT2D eigenvalue weighted by atomic mass is 16.5. The molecule has 2 amide bonds. The molecule has 0 atom stereocenters. The quantitative estimate of drug-likeness (QED) is 0.441. The van der Waals surface area contributed by atoms with Crippen LogP contribution in [0, 0.1) is 0 Å².